The van der Waals surface area contributed by atoms with E-state index in [4.69, 9.17) is 16.0 Å². The molecule has 11 heteroatoms. The summed E-state index contributed by atoms with van der Waals surface area (Å²) in [5.41, 5.74) is 1.04. The van der Waals surface area contributed by atoms with Crippen molar-refractivity contribution in [3.8, 4) is 0 Å². The Balaban J connectivity index is 1.23. The molecule has 2 aliphatic heterocycles. The van der Waals surface area contributed by atoms with Crippen molar-refractivity contribution in [3.63, 3.8) is 0 Å². The Morgan fingerprint density at radius 1 is 0.927 bits per heavy atom. The minimum atomic E-state index is -0.801. The van der Waals surface area contributed by atoms with Crippen LogP contribution in [0.5, 0.6) is 0 Å². The van der Waals surface area contributed by atoms with Crippen molar-refractivity contribution >= 4 is 74.6 Å². The molecule has 8 nitrogen and oxygen atoms in total. The van der Waals surface area contributed by atoms with Crippen molar-refractivity contribution in [2.75, 3.05) is 10.2 Å². The van der Waals surface area contributed by atoms with E-state index in [0.29, 0.717) is 32.1 Å². The zero-order valence-corrected chi connectivity index (χ0v) is 23.5. The number of carbonyl (C=O) groups is 3. The van der Waals surface area contributed by atoms with Crippen LogP contribution in [0.2, 0.25) is 5.02 Å². The number of furan rings is 1. The number of carbonyl (C=O) groups excluding carboxylic acids is 3. The van der Waals surface area contributed by atoms with Crippen LogP contribution in [0.25, 0.3) is 10.8 Å². The summed E-state index contributed by atoms with van der Waals surface area (Å²) >= 11 is 8.16. The summed E-state index contributed by atoms with van der Waals surface area (Å²) < 4.78 is 7.11. The van der Waals surface area contributed by atoms with Gasteiger partial charge in [0, 0.05) is 10.7 Å². The molecule has 1 saturated heterocycles. The zero-order chi connectivity index (χ0) is 28.2. The highest BCUT2D eigenvalue weighted by Crippen LogP contribution is 2.54. The third kappa shape index (κ3) is 4.39. The van der Waals surface area contributed by atoms with E-state index in [0.717, 1.165) is 33.9 Å². The molecule has 2 aromatic heterocycles. The Kier molecular flexibility index (Phi) is 6.33. The molecule has 0 aliphatic carbocycles. The first-order valence-corrected chi connectivity index (χ1v) is 14.8. The molecule has 3 atom stereocenters. The van der Waals surface area contributed by atoms with Crippen molar-refractivity contribution in [2.45, 2.75) is 22.7 Å². The number of fused-ring (bicyclic) bond motifs is 3. The number of imide groups is 1. The second kappa shape index (κ2) is 10.1. The summed E-state index contributed by atoms with van der Waals surface area (Å²) in [5.74, 6) is -2.09. The molecule has 1 N–H and O–H groups in total. The average molecular weight is 602 g/mol. The van der Waals surface area contributed by atoms with E-state index < -0.39 is 17.1 Å². The number of rotatable bonds is 5. The number of amides is 3. The maximum atomic E-state index is 13.8. The molecule has 3 aromatic carbocycles. The molecule has 0 spiro atoms. The monoisotopic (exact) mass is 601 g/mol. The summed E-state index contributed by atoms with van der Waals surface area (Å²) in [6, 6.07) is 23.4. The Morgan fingerprint density at radius 3 is 2.46 bits per heavy atom. The van der Waals surface area contributed by atoms with Gasteiger partial charge in [0.15, 0.2) is 0 Å². The predicted octanol–water partition coefficient (Wildman–Crippen LogP) is 5.74. The third-order valence-corrected chi connectivity index (χ3v) is 10.2. The number of nitrogens with zero attached hydrogens (tertiary/aromatic N) is 2. The molecule has 0 radical (unpaired) electrons. The zero-order valence-electron chi connectivity index (χ0n) is 21.2. The van der Waals surface area contributed by atoms with Gasteiger partial charge in [-0.25, -0.2) is 4.90 Å². The van der Waals surface area contributed by atoms with Crippen molar-refractivity contribution in [1.29, 1.82) is 0 Å². The number of thioether (sulfide) groups is 1. The van der Waals surface area contributed by atoms with Crippen LogP contribution in [0.1, 0.15) is 16.6 Å². The van der Waals surface area contributed by atoms with Gasteiger partial charge >= 0.3 is 4.87 Å². The molecule has 5 aromatic rings. The summed E-state index contributed by atoms with van der Waals surface area (Å²) in [5, 5.41) is 5.09. The Morgan fingerprint density at radius 2 is 1.71 bits per heavy atom. The molecule has 0 bridgehead atoms. The standard InChI is InChI=1S/C30H20ClN3O5S2/c31-18-8-11-20(12-9-18)34-27(36)24-23(21-6-3-13-39-21)26-29(40-25(24)28(34)37)33(30(38)41-26)15-22(35)32-19-10-7-16-4-1-2-5-17(16)14-19/h1-14,23-25H,15H2,(H,32,35)/t23-,24-,25+/m0/s1. The van der Waals surface area contributed by atoms with Gasteiger partial charge in [-0.2, -0.15) is 0 Å². The van der Waals surface area contributed by atoms with E-state index in [9.17, 15) is 19.2 Å². The van der Waals surface area contributed by atoms with Crippen LogP contribution in [0.15, 0.2) is 99.4 Å². The Bertz CT molecular complexity index is 1900. The van der Waals surface area contributed by atoms with Crippen LogP contribution in [0.4, 0.5) is 11.4 Å². The van der Waals surface area contributed by atoms with Gasteiger partial charge in [0.05, 0.1) is 33.7 Å². The van der Waals surface area contributed by atoms with Gasteiger partial charge in [0.25, 0.3) is 0 Å². The first kappa shape index (κ1) is 25.8. The first-order valence-electron chi connectivity index (χ1n) is 12.7. The summed E-state index contributed by atoms with van der Waals surface area (Å²) in [6.45, 7) is -0.240. The van der Waals surface area contributed by atoms with Crippen LogP contribution >= 0.6 is 34.7 Å². The number of halogens is 1. The van der Waals surface area contributed by atoms with E-state index in [-0.39, 0.29) is 29.1 Å². The van der Waals surface area contributed by atoms with Gasteiger partial charge in [-0.15, -0.1) is 0 Å². The van der Waals surface area contributed by atoms with Gasteiger partial charge in [-0.1, -0.05) is 65.0 Å². The Labute approximate surface area is 246 Å². The Hall–Kier alpha value is -4.12. The third-order valence-electron chi connectivity index (χ3n) is 7.32. The predicted molar refractivity (Wildman–Crippen MR) is 159 cm³/mol. The van der Waals surface area contributed by atoms with E-state index >= 15 is 0 Å². The molecule has 204 valence electrons. The molecule has 41 heavy (non-hydrogen) atoms. The second-order valence-corrected chi connectivity index (χ2v) is 12.3. The number of nitrogens with one attached hydrogen (secondary N) is 1. The topological polar surface area (TPSA) is 102 Å². The van der Waals surface area contributed by atoms with Crippen molar-refractivity contribution in [2.24, 2.45) is 5.92 Å². The number of anilines is 2. The number of aromatic nitrogens is 1. The second-order valence-electron chi connectivity index (χ2n) is 9.78. The van der Waals surface area contributed by atoms with Gasteiger partial charge in [-0.05, 0) is 59.3 Å². The molecular weight excluding hydrogens is 582 g/mol. The summed E-state index contributed by atoms with van der Waals surface area (Å²) in [4.78, 5) is 55.3. The smallest absolute Gasteiger partial charge is 0.308 e. The SMILES string of the molecule is O=C(Cn1c2c(sc1=O)[C@@H](c1ccco1)[C@@H]1C(=O)N(c3ccc(Cl)cc3)C(=O)[C@@H]1S2)Nc1ccc2ccccc2c1. The number of hydrogen-bond acceptors (Lipinski definition) is 7. The molecule has 0 unspecified atom stereocenters. The molecule has 1 fully saturated rings. The van der Waals surface area contributed by atoms with Crippen LogP contribution in [-0.2, 0) is 20.9 Å². The normalized spacial score (nSPS) is 19.8. The number of benzene rings is 3. The fraction of sp³-hybridized carbons (Fsp3) is 0.133. The van der Waals surface area contributed by atoms with Crippen molar-refractivity contribution in [3.05, 3.63) is 110 Å². The lowest BCUT2D eigenvalue weighted by Gasteiger charge is -2.29. The van der Waals surface area contributed by atoms with Crippen LogP contribution in [0, 0.1) is 5.92 Å². The molecule has 3 amide bonds. The number of thiazole rings is 1. The lowest BCUT2D eigenvalue weighted by atomic mass is 9.87. The number of hydrogen-bond donors (Lipinski definition) is 1. The lowest BCUT2D eigenvalue weighted by Crippen LogP contribution is -2.32. The quantitative estimate of drug-likeness (QED) is 0.258. The first-order chi connectivity index (χ1) is 19.9. The minimum Gasteiger partial charge on any atom is -0.469 e. The van der Waals surface area contributed by atoms with Gasteiger partial charge in [0.1, 0.15) is 17.6 Å². The van der Waals surface area contributed by atoms with Gasteiger partial charge in [-0.3, -0.25) is 23.7 Å². The van der Waals surface area contributed by atoms with Crippen LogP contribution < -0.4 is 15.1 Å². The fourth-order valence-corrected chi connectivity index (χ4v) is 8.37. The minimum absolute atomic E-state index is 0.240. The highest BCUT2D eigenvalue weighted by atomic mass is 35.5. The van der Waals surface area contributed by atoms with Gasteiger partial charge < -0.3 is 9.73 Å². The average Bonchev–Trinajstić information content (AvgIpc) is 3.66. The molecule has 7 rings (SSSR count). The van der Waals surface area contributed by atoms with Gasteiger partial charge in [0.2, 0.25) is 17.7 Å². The maximum Gasteiger partial charge on any atom is 0.308 e. The van der Waals surface area contributed by atoms with Crippen LogP contribution in [0.3, 0.4) is 0 Å². The van der Waals surface area contributed by atoms with Crippen molar-refractivity contribution in [1.82, 2.24) is 4.57 Å². The largest absolute Gasteiger partial charge is 0.469 e. The maximum absolute atomic E-state index is 13.8. The molecule has 0 saturated carbocycles. The van der Waals surface area contributed by atoms with E-state index in [1.165, 1.54) is 15.7 Å². The van der Waals surface area contributed by atoms with Crippen molar-refractivity contribution < 1.29 is 18.8 Å². The summed E-state index contributed by atoms with van der Waals surface area (Å²) in [7, 11) is 0. The molecule has 4 heterocycles. The van der Waals surface area contributed by atoms with E-state index in [1.807, 2.05) is 42.5 Å². The summed E-state index contributed by atoms with van der Waals surface area (Å²) in [6.07, 6.45) is 1.50. The van der Waals surface area contributed by atoms with E-state index in [2.05, 4.69) is 5.32 Å². The fourth-order valence-electron chi connectivity index (χ4n) is 5.49. The lowest BCUT2D eigenvalue weighted by molar-refractivity contribution is -0.122. The molecule has 2 aliphatic rings. The van der Waals surface area contributed by atoms with E-state index in [1.54, 1.807) is 36.4 Å². The van der Waals surface area contributed by atoms with Crippen LogP contribution in [-0.4, -0.2) is 27.5 Å². The highest BCUT2D eigenvalue weighted by molar-refractivity contribution is 8.00. The molecular formula is C30H20ClN3O5S2. The highest BCUT2D eigenvalue weighted by Gasteiger charge is 2.57.